The topological polar surface area (TPSA) is 46.4 Å². The zero-order valence-corrected chi connectivity index (χ0v) is 17.1. The van der Waals surface area contributed by atoms with E-state index in [9.17, 15) is 4.39 Å². The highest BCUT2D eigenvalue weighted by atomic mass is 35.5. The van der Waals surface area contributed by atoms with E-state index >= 15 is 0 Å². The lowest BCUT2D eigenvalue weighted by molar-refractivity contribution is 0.386. The zero-order chi connectivity index (χ0) is 20.4. The van der Waals surface area contributed by atoms with Crippen molar-refractivity contribution in [2.45, 2.75) is 6.92 Å². The Morgan fingerprint density at radius 1 is 1.04 bits per heavy atom. The van der Waals surface area contributed by atoms with Crippen LogP contribution in [0.15, 0.2) is 57.8 Å². The van der Waals surface area contributed by atoms with Gasteiger partial charge in [0.05, 0.1) is 25.6 Å². The highest BCUT2D eigenvalue weighted by Crippen LogP contribution is 2.35. The van der Waals surface area contributed by atoms with Crippen molar-refractivity contribution in [2.24, 2.45) is 9.98 Å². The maximum atomic E-state index is 14.6. The summed E-state index contributed by atoms with van der Waals surface area (Å²) in [6.07, 6.45) is 0. The summed E-state index contributed by atoms with van der Waals surface area (Å²) in [4.78, 5) is 11.3. The Bertz CT molecular complexity index is 1010. The molecule has 0 amide bonds. The number of benzene rings is 2. The van der Waals surface area contributed by atoms with Gasteiger partial charge in [0.1, 0.15) is 5.70 Å². The fourth-order valence-corrected chi connectivity index (χ4v) is 3.04. The van der Waals surface area contributed by atoms with Crippen LogP contribution in [0.25, 0.3) is 0 Å². The molecule has 0 saturated carbocycles. The minimum atomic E-state index is -0.507. The molecule has 28 heavy (non-hydrogen) atoms. The van der Waals surface area contributed by atoms with Crippen LogP contribution in [-0.2, 0) is 4.74 Å². The van der Waals surface area contributed by atoms with Crippen molar-refractivity contribution in [3.63, 3.8) is 0 Å². The molecule has 3 rings (SSSR count). The summed E-state index contributed by atoms with van der Waals surface area (Å²) in [5.41, 5.74) is 3.54. The van der Waals surface area contributed by atoms with E-state index in [-0.39, 0.29) is 5.75 Å². The first-order valence-corrected chi connectivity index (χ1v) is 8.98. The molecule has 0 aliphatic carbocycles. The van der Waals surface area contributed by atoms with Gasteiger partial charge in [-0.25, -0.2) is 14.4 Å². The van der Waals surface area contributed by atoms with Crippen molar-refractivity contribution in [3.8, 4) is 5.75 Å². The minimum absolute atomic E-state index is 0.0909. The lowest BCUT2D eigenvalue weighted by Gasteiger charge is -2.17. The summed E-state index contributed by atoms with van der Waals surface area (Å²) in [5, 5.41) is 0.506. The van der Waals surface area contributed by atoms with Gasteiger partial charge in [-0.15, -0.1) is 0 Å². The Labute approximate surface area is 168 Å². The molecule has 0 bridgehead atoms. The standard InChI is InChI=1S/C21H21ClFN3O2/c1-12(26(2)3)19-21(28-5)24-17-11-18(27-4)16(23)10-14(17)20(25-19)13-8-6-7-9-15(13)22/h6-11H,1-5H3. The molecule has 0 fully saturated rings. The number of halogens is 2. The van der Waals surface area contributed by atoms with Crippen LogP contribution < -0.4 is 4.74 Å². The van der Waals surface area contributed by atoms with Crippen molar-refractivity contribution in [2.75, 3.05) is 28.3 Å². The van der Waals surface area contributed by atoms with Crippen LogP contribution in [0.1, 0.15) is 18.1 Å². The Morgan fingerprint density at radius 3 is 2.36 bits per heavy atom. The normalized spacial score (nSPS) is 15.1. The first-order chi connectivity index (χ1) is 13.4. The largest absolute Gasteiger partial charge is 0.494 e. The number of aliphatic imine (C=N–C) groups is 2. The summed E-state index contributed by atoms with van der Waals surface area (Å²) in [5.74, 6) is -0.0941. The average molecular weight is 402 g/mol. The summed E-state index contributed by atoms with van der Waals surface area (Å²) in [6, 6.07) is 10.2. The number of allylic oxidation sites excluding steroid dienone is 1. The van der Waals surface area contributed by atoms with Gasteiger partial charge >= 0.3 is 0 Å². The number of rotatable bonds is 3. The predicted molar refractivity (Wildman–Crippen MR) is 111 cm³/mol. The van der Waals surface area contributed by atoms with Crippen LogP contribution in [0.5, 0.6) is 5.75 Å². The lowest BCUT2D eigenvalue weighted by atomic mass is 10.00. The monoisotopic (exact) mass is 401 g/mol. The predicted octanol–water partition coefficient (Wildman–Crippen LogP) is 4.81. The quantitative estimate of drug-likeness (QED) is 0.741. The Balaban J connectivity index is 2.41. The third-order valence-electron chi connectivity index (χ3n) is 4.51. The molecule has 7 heteroatoms. The zero-order valence-electron chi connectivity index (χ0n) is 16.4. The molecular formula is C21H21ClFN3O2. The van der Waals surface area contributed by atoms with E-state index in [0.29, 0.717) is 39.1 Å². The number of methoxy groups -OCH3 is 2. The third-order valence-corrected chi connectivity index (χ3v) is 4.84. The molecule has 0 atom stereocenters. The number of nitrogens with zero attached hydrogens (tertiary/aromatic N) is 3. The van der Waals surface area contributed by atoms with Crippen LogP contribution in [-0.4, -0.2) is 44.8 Å². The molecule has 1 aliphatic rings. The van der Waals surface area contributed by atoms with E-state index in [2.05, 4.69) is 4.99 Å². The molecule has 1 aliphatic heterocycles. The van der Waals surface area contributed by atoms with Crippen molar-refractivity contribution >= 4 is 28.9 Å². The van der Waals surface area contributed by atoms with Crippen LogP contribution in [0.3, 0.4) is 0 Å². The third kappa shape index (κ3) is 3.60. The Kier molecular flexibility index (Phi) is 5.70. The van der Waals surface area contributed by atoms with Crippen molar-refractivity contribution in [3.05, 3.63) is 69.8 Å². The second-order valence-corrected chi connectivity index (χ2v) is 6.80. The number of hydrogen-bond donors (Lipinski definition) is 0. The molecule has 0 unspecified atom stereocenters. The molecule has 2 aromatic carbocycles. The molecule has 0 spiro atoms. The number of fused-ring (bicyclic) bond motifs is 1. The SMILES string of the molecule is COC1=Nc2cc(OC)c(F)cc2C(c2ccccc2Cl)=NC1=C(C)N(C)C. The van der Waals surface area contributed by atoms with Crippen LogP contribution in [0.4, 0.5) is 10.1 Å². The second kappa shape index (κ2) is 8.02. The fraction of sp³-hybridized carbons (Fsp3) is 0.238. The Hall–Kier alpha value is -2.86. The molecule has 1 heterocycles. The molecule has 0 aromatic heterocycles. The summed E-state index contributed by atoms with van der Waals surface area (Å²) < 4.78 is 25.2. The molecule has 0 saturated heterocycles. The maximum Gasteiger partial charge on any atom is 0.242 e. The van der Waals surface area contributed by atoms with E-state index in [0.717, 1.165) is 5.70 Å². The van der Waals surface area contributed by atoms with E-state index in [4.69, 9.17) is 26.1 Å². The second-order valence-electron chi connectivity index (χ2n) is 6.39. The molecule has 0 N–H and O–H groups in total. The highest BCUT2D eigenvalue weighted by Gasteiger charge is 2.25. The molecule has 0 radical (unpaired) electrons. The van der Waals surface area contributed by atoms with Gasteiger partial charge in [-0.2, -0.15) is 0 Å². The minimum Gasteiger partial charge on any atom is -0.494 e. The van der Waals surface area contributed by atoms with Crippen molar-refractivity contribution in [1.82, 2.24) is 4.90 Å². The summed E-state index contributed by atoms with van der Waals surface area (Å²) >= 11 is 6.44. The van der Waals surface area contributed by atoms with Crippen molar-refractivity contribution in [1.29, 1.82) is 0 Å². The van der Waals surface area contributed by atoms with Gasteiger partial charge in [0.15, 0.2) is 11.6 Å². The summed E-state index contributed by atoms with van der Waals surface area (Å²) in [6.45, 7) is 1.91. The smallest absolute Gasteiger partial charge is 0.242 e. The van der Waals surface area contributed by atoms with E-state index < -0.39 is 5.82 Å². The number of ether oxygens (including phenoxy) is 2. The first-order valence-electron chi connectivity index (χ1n) is 8.60. The fourth-order valence-electron chi connectivity index (χ4n) is 2.81. The number of hydrogen-bond acceptors (Lipinski definition) is 5. The summed E-state index contributed by atoms with van der Waals surface area (Å²) in [7, 11) is 6.74. The molecule has 5 nitrogen and oxygen atoms in total. The van der Waals surface area contributed by atoms with Gasteiger partial charge in [-0.1, -0.05) is 29.8 Å². The van der Waals surface area contributed by atoms with Crippen LogP contribution in [0.2, 0.25) is 5.02 Å². The van der Waals surface area contributed by atoms with Crippen LogP contribution >= 0.6 is 11.6 Å². The average Bonchev–Trinajstić information content (AvgIpc) is 2.83. The molecule has 2 aromatic rings. The van der Waals surface area contributed by atoms with Crippen LogP contribution in [0, 0.1) is 5.82 Å². The van der Waals surface area contributed by atoms with E-state index in [1.165, 1.54) is 26.4 Å². The van der Waals surface area contributed by atoms with Gasteiger partial charge < -0.3 is 14.4 Å². The Morgan fingerprint density at radius 2 is 1.75 bits per heavy atom. The van der Waals surface area contributed by atoms with Gasteiger partial charge in [0.25, 0.3) is 0 Å². The highest BCUT2D eigenvalue weighted by molar-refractivity contribution is 6.36. The van der Waals surface area contributed by atoms with E-state index in [1.807, 2.05) is 44.1 Å². The maximum absolute atomic E-state index is 14.6. The van der Waals surface area contributed by atoms with Crippen molar-refractivity contribution < 1.29 is 13.9 Å². The molecule has 146 valence electrons. The first kappa shape index (κ1) is 19.9. The van der Waals surface area contributed by atoms with Gasteiger partial charge in [0.2, 0.25) is 5.90 Å². The van der Waals surface area contributed by atoms with Gasteiger partial charge in [-0.05, 0) is 19.1 Å². The van der Waals surface area contributed by atoms with Gasteiger partial charge in [-0.3, -0.25) is 0 Å². The molecular weight excluding hydrogens is 381 g/mol. The van der Waals surface area contributed by atoms with E-state index in [1.54, 1.807) is 6.07 Å². The van der Waals surface area contributed by atoms with Gasteiger partial charge in [0, 0.05) is 42.0 Å². The lowest BCUT2D eigenvalue weighted by Crippen LogP contribution is -2.16.